The van der Waals surface area contributed by atoms with Crippen molar-refractivity contribution in [3.8, 4) is 0 Å². The lowest BCUT2D eigenvalue weighted by Crippen LogP contribution is -2.20. The minimum absolute atomic E-state index is 0.180. The Hall–Kier alpha value is -5.73. The summed E-state index contributed by atoms with van der Waals surface area (Å²) >= 11 is 0. The van der Waals surface area contributed by atoms with Crippen molar-refractivity contribution >= 4 is 16.9 Å². The molecule has 0 aliphatic carbocycles. The summed E-state index contributed by atoms with van der Waals surface area (Å²) in [6.07, 6.45) is 0. The van der Waals surface area contributed by atoms with E-state index in [-0.39, 0.29) is 5.92 Å². The number of allylic oxidation sites excluding steroid dienone is 2. The first-order chi connectivity index (χ1) is 22.3. The maximum Gasteiger partial charge on any atom is 0.227 e. The van der Waals surface area contributed by atoms with Crippen molar-refractivity contribution < 1.29 is 4.74 Å². The fraction of sp³-hybridized carbons (Fsp3) is 0.0465. The lowest BCUT2D eigenvalue weighted by atomic mass is 9.83. The van der Waals surface area contributed by atoms with Gasteiger partial charge in [0.05, 0.1) is 17.2 Å². The summed E-state index contributed by atoms with van der Waals surface area (Å²) < 4.78 is 7.25. The Morgan fingerprint density at radius 3 is 1.42 bits per heavy atom. The van der Waals surface area contributed by atoms with E-state index in [9.17, 15) is 0 Å². The number of hydrogen-bond acceptors (Lipinski definition) is 2. The van der Waals surface area contributed by atoms with Crippen LogP contribution in [0.15, 0.2) is 193 Å². The fourth-order valence-corrected chi connectivity index (χ4v) is 5.98. The number of nitrogens with zero attached hydrogens (tertiary/aromatic N) is 1. The van der Waals surface area contributed by atoms with E-state index in [1.54, 1.807) is 0 Å². The quantitative estimate of drug-likeness (QED) is 0.184. The highest BCUT2D eigenvalue weighted by atomic mass is 16.5. The Kier molecular flexibility index (Phi) is 8.03. The van der Waals surface area contributed by atoms with Crippen molar-refractivity contribution in [3.05, 3.63) is 227 Å². The zero-order valence-corrected chi connectivity index (χ0v) is 25.2. The van der Waals surface area contributed by atoms with E-state index in [1.807, 2.05) is 18.2 Å². The van der Waals surface area contributed by atoms with Crippen LogP contribution in [0.4, 0.5) is 0 Å². The molecule has 1 heterocycles. The maximum atomic E-state index is 7.25. The third-order valence-corrected chi connectivity index (χ3v) is 8.16. The molecule has 0 radical (unpaired) electrons. The molecule has 2 heteroatoms. The molecule has 45 heavy (non-hydrogen) atoms. The molecule has 0 unspecified atom stereocenters. The Balaban J connectivity index is 1.59. The van der Waals surface area contributed by atoms with Crippen molar-refractivity contribution in [1.82, 2.24) is 0 Å². The van der Waals surface area contributed by atoms with Gasteiger partial charge >= 0.3 is 0 Å². The summed E-state index contributed by atoms with van der Waals surface area (Å²) in [5.74, 6) is 1.25. The molecule has 0 fully saturated rings. The smallest absolute Gasteiger partial charge is 0.227 e. The zero-order valence-electron chi connectivity index (χ0n) is 25.2. The van der Waals surface area contributed by atoms with Gasteiger partial charge in [0.1, 0.15) is 5.76 Å². The largest absolute Gasteiger partial charge is 0.441 e. The number of aryl methyl sites for hydroxylation is 1. The van der Waals surface area contributed by atoms with E-state index >= 15 is 0 Å². The number of hydrogen-bond donors (Lipinski definition) is 0. The standard InChI is InChI=1S/C43H33NO/c1-31-27-29-36(30-28-31)40-41(37-25-15-6-16-26-37)44-43(39(34-21-11-4-12-22-34)35-23-13-5-14-24-35)45-42(40)38(32-17-7-2-8-18-32)33-19-9-3-10-20-33/h2-30,38H,1H3. The monoisotopic (exact) mass is 579 g/mol. The van der Waals surface area contributed by atoms with Crippen LogP contribution in [0.5, 0.6) is 0 Å². The summed E-state index contributed by atoms with van der Waals surface area (Å²) in [7, 11) is 0. The SMILES string of the molecule is Cc1ccc(C2=C(C(c3ccccc3)c3ccccc3)OC(=C(c3ccccc3)c3ccccc3)N=C2c2ccccc2)cc1. The molecule has 6 aromatic carbocycles. The third kappa shape index (κ3) is 5.91. The lowest BCUT2D eigenvalue weighted by Gasteiger charge is -2.30. The van der Waals surface area contributed by atoms with E-state index in [1.165, 1.54) is 5.56 Å². The summed E-state index contributed by atoms with van der Waals surface area (Å²) in [6, 6.07) is 61.3. The number of rotatable bonds is 7. The number of ether oxygens (including phenoxy) is 1. The molecule has 0 bridgehead atoms. The topological polar surface area (TPSA) is 21.6 Å². The van der Waals surface area contributed by atoms with Crippen LogP contribution in [0.1, 0.15) is 44.9 Å². The Morgan fingerprint density at radius 1 is 0.489 bits per heavy atom. The molecule has 0 amide bonds. The van der Waals surface area contributed by atoms with Crippen molar-refractivity contribution in [2.45, 2.75) is 12.8 Å². The van der Waals surface area contributed by atoms with Crippen molar-refractivity contribution in [2.75, 3.05) is 0 Å². The first-order valence-electron chi connectivity index (χ1n) is 15.3. The first kappa shape index (κ1) is 28.1. The molecule has 7 rings (SSSR count). The molecular formula is C43H33NO. The van der Waals surface area contributed by atoms with Gasteiger partial charge < -0.3 is 4.74 Å². The molecule has 0 atom stereocenters. The van der Waals surface area contributed by atoms with Crippen LogP contribution in [0, 0.1) is 6.92 Å². The second-order valence-electron chi connectivity index (χ2n) is 11.2. The average Bonchev–Trinajstić information content (AvgIpc) is 3.11. The van der Waals surface area contributed by atoms with Crippen LogP contribution >= 0.6 is 0 Å². The van der Waals surface area contributed by atoms with E-state index in [0.717, 1.165) is 56.0 Å². The van der Waals surface area contributed by atoms with E-state index in [4.69, 9.17) is 9.73 Å². The summed E-state index contributed by atoms with van der Waals surface area (Å²) in [5, 5.41) is 0. The highest BCUT2D eigenvalue weighted by Gasteiger charge is 2.33. The van der Waals surface area contributed by atoms with Gasteiger partial charge in [-0.15, -0.1) is 0 Å². The van der Waals surface area contributed by atoms with Gasteiger partial charge in [0.25, 0.3) is 0 Å². The molecule has 0 saturated heterocycles. The third-order valence-electron chi connectivity index (χ3n) is 8.16. The second kappa shape index (κ2) is 12.9. The van der Waals surface area contributed by atoms with Crippen LogP contribution < -0.4 is 0 Å². The highest BCUT2D eigenvalue weighted by molar-refractivity contribution is 6.33. The molecule has 0 saturated carbocycles. The van der Waals surface area contributed by atoms with E-state index in [2.05, 4.69) is 165 Å². The first-order valence-corrected chi connectivity index (χ1v) is 15.3. The fourth-order valence-electron chi connectivity index (χ4n) is 5.98. The normalized spacial score (nSPS) is 12.9. The molecule has 0 aromatic heterocycles. The van der Waals surface area contributed by atoms with Gasteiger partial charge in [-0.3, -0.25) is 0 Å². The Morgan fingerprint density at radius 2 is 0.933 bits per heavy atom. The zero-order chi connectivity index (χ0) is 30.4. The molecule has 2 nitrogen and oxygen atoms in total. The van der Waals surface area contributed by atoms with Gasteiger partial charge in [-0.1, -0.05) is 181 Å². The molecule has 6 aromatic rings. The van der Waals surface area contributed by atoms with Crippen LogP contribution in [0.2, 0.25) is 0 Å². The van der Waals surface area contributed by atoms with Crippen LogP contribution in [-0.4, -0.2) is 5.71 Å². The molecule has 1 aliphatic rings. The average molecular weight is 580 g/mol. The lowest BCUT2D eigenvalue weighted by molar-refractivity contribution is 0.285. The van der Waals surface area contributed by atoms with Crippen molar-refractivity contribution in [2.24, 2.45) is 4.99 Å². The van der Waals surface area contributed by atoms with Crippen LogP contribution in [0.3, 0.4) is 0 Å². The van der Waals surface area contributed by atoms with Gasteiger partial charge in [0.15, 0.2) is 0 Å². The number of benzene rings is 6. The van der Waals surface area contributed by atoms with E-state index < -0.39 is 0 Å². The molecular weight excluding hydrogens is 546 g/mol. The van der Waals surface area contributed by atoms with Crippen LogP contribution in [-0.2, 0) is 4.74 Å². The Bertz CT molecular complexity index is 1890. The van der Waals surface area contributed by atoms with Crippen molar-refractivity contribution in [1.29, 1.82) is 0 Å². The minimum atomic E-state index is -0.180. The van der Waals surface area contributed by atoms with Crippen molar-refractivity contribution in [3.63, 3.8) is 0 Å². The van der Waals surface area contributed by atoms with Gasteiger partial charge in [-0.05, 0) is 34.7 Å². The van der Waals surface area contributed by atoms with Gasteiger partial charge in [0.2, 0.25) is 5.88 Å². The number of aliphatic imine (C=N–C) groups is 1. The predicted octanol–water partition coefficient (Wildman–Crippen LogP) is 10.5. The Labute approximate surface area is 265 Å². The van der Waals surface area contributed by atoms with Gasteiger partial charge in [-0.25, -0.2) is 4.99 Å². The summed E-state index contributed by atoms with van der Waals surface area (Å²) in [5.41, 5.74) is 10.5. The molecule has 0 N–H and O–H groups in total. The second-order valence-corrected chi connectivity index (χ2v) is 11.2. The molecule has 0 spiro atoms. The predicted molar refractivity (Wildman–Crippen MR) is 186 cm³/mol. The molecule has 1 aliphatic heterocycles. The maximum absolute atomic E-state index is 7.25. The van der Waals surface area contributed by atoms with Gasteiger partial charge in [-0.2, -0.15) is 0 Å². The minimum Gasteiger partial charge on any atom is -0.441 e. The van der Waals surface area contributed by atoms with Gasteiger partial charge in [0, 0.05) is 11.1 Å². The molecule has 216 valence electrons. The summed E-state index contributed by atoms with van der Waals surface area (Å²) in [4.78, 5) is 5.42. The highest BCUT2D eigenvalue weighted by Crippen LogP contribution is 2.44. The van der Waals surface area contributed by atoms with Crippen LogP contribution in [0.25, 0.3) is 11.1 Å². The summed E-state index contributed by atoms with van der Waals surface area (Å²) in [6.45, 7) is 2.12. The van der Waals surface area contributed by atoms with E-state index in [0.29, 0.717) is 5.88 Å².